The fraction of sp³-hybridized carbons (Fsp3) is 0.944. The number of hydrogen-bond acceptors (Lipinski definition) is 2. The van der Waals surface area contributed by atoms with Crippen molar-refractivity contribution in [3.05, 3.63) is 0 Å². The number of halogens is 1. The number of likely N-dealkylation sites (tertiary alicyclic amines) is 1. The van der Waals surface area contributed by atoms with Crippen molar-refractivity contribution in [3.8, 4) is 0 Å². The molecule has 0 aromatic heterocycles. The minimum absolute atomic E-state index is 0. The predicted molar refractivity (Wildman–Crippen MR) is 93.3 cm³/mol. The van der Waals surface area contributed by atoms with Crippen LogP contribution in [0.25, 0.3) is 0 Å². The number of amides is 1. The molecule has 1 amide bonds. The molecule has 0 aromatic carbocycles. The van der Waals surface area contributed by atoms with Crippen LogP contribution < -0.4 is 5.32 Å². The van der Waals surface area contributed by atoms with E-state index in [1.165, 1.54) is 51.4 Å². The van der Waals surface area contributed by atoms with E-state index in [0.717, 1.165) is 19.6 Å². The van der Waals surface area contributed by atoms with E-state index in [-0.39, 0.29) is 12.4 Å². The zero-order chi connectivity index (χ0) is 14.9. The van der Waals surface area contributed by atoms with E-state index in [1.54, 1.807) is 0 Å². The second-order valence-electron chi connectivity index (χ2n) is 8.03. The topological polar surface area (TPSA) is 32.3 Å². The van der Waals surface area contributed by atoms with Crippen molar-refractivity contribution in [2.45, 2.75) is 71.3 Å². The highest BCUT2D eigenvalue weighted by Crippen LogP contribution is 2.59. The molecule has 2 atom stereocenters. The first-order chi connectivity index (χ1) is 10.1. The smallest absolute Gasteiger partial charge is 0.226 e. The summed E-state index contributed by atoms with van der Waals surface area (Å²) in [6.07, 6.45) is 9.83. The zero-order valence-electron chi connectivity index (χ0n) is 14.3. The van der Waals surface area contributed by atoms with E-state index in [9.17, 15) is 4.79 Å². The van der Waals surface area contributed by atoms with Crippen molar-refractivity contribution >= 4 is 18.3 Å². The monoisotopic (exact) mass is 328 g/mol. The number of nitrogens with one attached hydrogen (secondary N) is 1. The third kappa shape index (κ3) is 3.79. The molecule has 4 heteroatoms. The molecule has 0 bridgehead atoms. The molecule has 3 nitrogen and oxygen atoms in total. The van der Waals surface area contributed by atoms with Gasteiger partial charge in [0.25, 0.3) is 0 Å². The molecule has 2 unspecified atom stereocenters. The summed E-state index contributed by atoms with van der Waals surface area (Å²) in [6, 6.07) is 0.513. The molecule has 2 saturated heterocycles. The van der Waals surface area contributed by atoms with Crippen molar-refractivity contribution in [1.29, 1.82) is 0 Å². The van der Waals surface area contributed by atoms with Gasteiger partial charge in [0.05, 0.1) is 0 Å². The molecule has 2 aliphatic heterocycles. The third-order valence-electron chi connectivity index (χ3n) is 5.99. The Morgan fingerprint density at radius 1 is 1.23 bits per heavy atom. The first-order valence-corrected chi connectivity index (χ1v) is 9.13. The van der Waals surface area contributed by atoms with Crippen LogP contribution in [0.2, 0.25) is 0 Å². The first kappa shape index (κ1) is 18.1. The van der Waals surface area contributed by atoms with Gasteiger partial charge in [-0.05, 0) is 62.9 Å². The van der Waals surface area contributed by atoms with Crippen LogP contribution in [-0.2, 0) is 4.79 Å². The molecule has 1 spiro atoms. The summed E-state index contributed by atoms with van der Waals surface area (Å²) in [6.45, 7) is 7.82. The van der Waals surface area contributed by atoms with Gasteiger partial charge in [-0.3, -0.25) is 4.79 Å². The SMILES string of the molecule is CC(C)CC1CCCCCN1C(=O)C1CC12CCNCC2.Cl. The number of carbonyl (C=O) groups is 1. The second-order valence-corrected chi connectivity index (χ2v) is 8.03. The maximum atomic E-state index is 13.1. The van der Waals surface area contributed by atoms with E-state index < -0.39 is 0 Å². The van der Waals surface area contributed by atoms with Crippen molar-refractivity contribution in [2.75, 3.05) is 19.6 Å². The Morgan fingerprint density at radius 3 is 2.64 bits per heavy atom. The Kier molecular flexibility index (Phi) is 6.18. The largest absolute Gasteiger partial charge is 0.339 e. The fourth-order valence-electron chi connectivity index (χ4n) is 4.63. The standard InChI is InChI=1S/C18H32N2O.ClH/c1-14(2)12-15-6-4-3-5-11-20(15)17(21)16-13-18(16)7-9-19-10-8-18;/h14-16,19H,3-13H2,1-2H3;1H. The Labute approximate surface area is 142 Å². The summed E-state index contributed by atoms with van der Waals surface area (Å²) in [5.74, 6) is 1.55. The molecule has 3 fully saturated rings. The van der Waals surface area contributed by atoms with Gasteiger partial charge >= 0.3 is 0 Å². The molecule has 0 radical (unpaired) electrons. The highest BCUT2D eigenvalue weighted by molar-refractivity contribution is 5.85. The zero-order valence-corrected chi connectivity index (χ0v) is 15.1. The molecule has 3 rings (SSSR count). The van der Waals surface area contributed by atoms with E-state index in [4.69, 9.17) is 0 Å². The number of rotatable bonds is 3. The van der Waals surface area contributed by atoms with Crippen molar-refractivity contribution in [2.24, 2.45) is 17.3 Å². The van der Waals surface area contributed by atoms with E-state index in [0.29, 0.717) is 29.2 Å². The van der Waals surface area contributed by atoms with E-state index >= 15 is 0 Å². The highest BCUT2D eigenvalue weighted by atomic mass is 35.5. The summed E-state index contributed by atoms with van der Waals surface area (Å²) in [4.78, 5) is 15.4. The normalized spacial score (nSPS) is 30.8. The van der Waals surface area contributed by atoms with Crippen LogP contribution in [0.5, 0.6) is 0 Å². The minimum Gasteiger partial charge on any atom is -0.339 e. The quantitative estimate of drug-likeness (QED) is 0.858. The van der Waals surface area contributed by atoms with Gasteiger partial charge in [-0.2, -0.15) is 0 Å². The molecule has 1 aliphatic carbocycles. The molecule has 1 N–H and O–H groups in total. The van der Waals surface area contributed by atoms with E-state index in [1.807, 2.05) is 0 Å². The molecule has 0 aromatic rings. The first-order valence-electron chi connectivity index (χ1n) is 9.13. The van der Waals surface area contributed by atoms with Gasteiger partial charge in [0.15, 0.2) is 0 Å². The molecule has 1 saturated carbocycles. The average Bonchev–Trinajstić information content (AvgIpc) is 3.19. The molecular weight excluding hydrogens is 296 g/mol. The van der Waals surface area contributed by atoms with Crippen molar-refractivity contribution in [1.82, 2.24) is 10.2 Å². The van der Waals surface area contributed by atoms with Crippen molar-refractivity contribution in [3.63, 3.8) is 0 Å². The Hall–Kier alpha value is -0.280. The summed E-state index contributed by atoms with van der Waals surface area (Å²) < 4.78 is 0. The van der Waals surface area contributed by atoms with Gasteiger partial charge in [-0.25, -0.2) is 0 Å². The summed E-state index contributed by atoms with van der Waals surface area (Å²) in [7, 11) is 0. The summed E-state index contributed by atoms with van der Waals surface area (Å²) in [5.41, 5.74) is 0.386. The number of nitrogens with zero attached hydrogens (tertiary/aromatic N) is 1. The third-order valence-corrected chi connectivity index (χ3v) is 5.99. The van der Waals surface area contributed by atoms with Crippen LogP contribution in [0.3, 0.4) is 0 Å². The van der Waals surface area contributed by atoms with Crippen LogP contribution >= 0.6 is 12.4 Å². The van der Waals surface area contributed by atoms with Gasteiger partial charge in [0.2, 0.25) is 5.91 Å². The Bertz CT molecular complexity index is 379. The van der Waals surface area contributed by atoms with E-state index in [2.05, 4.69) is 24.1 Å². The lowest BCUT2D eigenvalue weighted by atomic mass is 9.91. The Morgan fingerprint density at radius 2 is 1.95 bits per heavy atom. The predicted octanol–water partition coefficient (Wildman–Crippen LogP) is 3.62. The van der Waals surface area contributed by atoms with Gasteiger partial charge in [-0.1, -0.05) is 26.7 Å². The lowest BCUT2D eigenvalue weighted by Crippen LogP contribution is -2.43. The number of carbonyl (C=O) groups excluding carboxylic acids is 1. The maximum Gasteiger partial charge on any atom is 0.226 e. The molecular formula is C18H33ClN2O. The lowest BCUT2D eigenvalue weighted by Gasteiger charge is -2.33. The Balaban J connectivity index is 0.00000176. The van der Waals surface area contributed by atoms with Crippen LogP contribution in [0.1, 0.15) is 65.2 Å². The molecule has 3 aliphatic rings. The van der Waals surface area contributed by atoms with Crippen LogP contribution in [0.4, 0.5) is 0 Å². The van der Waals surface area contributed by atoms with Crippen molar-refractivity contribution < 1.29 is 4.79 Å². The average molecular weight is 329 g/mol. The number of piperidine rings is 1. The molecule has 128 valence electrons. The minimum atomic E-state index is 0. The van der Waals surface area contributed by atoms with Gasteiger partial charge in [-0.15, -0.1) is 12.4 Å². The highest BCUT2D eigenvalue weighted by Gasteiger charge is 2.58. The summed E-state index contributed by atoms with van der Waals surface area (Å²) in [5, 5.41) is 3.44. The second kappa shape index (κ2) is 7.53. The molecule has 2 heterocycles. The summed E-state index contributed by atoms with van der Waals surface area (Å²) >= 11 is 0. The van der Waals surface area contributed by atoms with Gasteiger partial charge < -0.3 is 10.2 Å². The van der Waals surface area contributed by atoms with Crippen LogP contribution in [0.15, 0.2) is 0 Å². The van der Waals surface area contributed by atoms with Crippen LogP contribution in [-0.4, -0.2) is 36.5 Å². The molecule has 22 heavy (non-hydrogen) atoms. The fourth-order valence-corrected chi connectivity index (χ4v) is 4.63. The number of hydrogen-bond donors (Lipinski definition) is 1. The van der Waals surface area contributed by atoms with Gasteiger partial charge in [0.1, 0.15) is 0 Å². The maximum absolute atomic E-state index is 13.1. The van der Waals surface area contributed by atoms with Crippen LogP contribution in [0, 0.1) is 17.3 Å². The van der Waals surface area contributed by atoms with Gasteiger partial charge in [0, 0.05) is 18.5 Å². The lowest BCUT2D eigenvalue weighted by molar-refractivity contribution is -0.136.